The van der Waals surface area contributed by atoms with Crippen molar-refractivity contribution in [1.82, 2.24) is 14.9 Å². The third kappa shape index (κ3) is 3.65. The first-order valence-electron chi connectivity index (χ1n) is 13.0. The van der Waals surface area contributed by atoms with Crippen LogP contribution < -0.4 is 10.9 Å². The summed E-state index contributed by atoms with van der Waals surface area (Å²) in [5.41, 5.74) is 2.30. The lowest BCUT2D eigenvalue weighted by atomic mass is 9.83. The van der Waals surface area contributed by atoms with Crippen LogP contribution in [0.4, 0.5) is 4.39 Å². The highest BCUT2D eigenvalue weighted by atomic mass is 35.5. The van der Waals surface area contributed by atoms with Crippen LogP contribution in [0.1, 0.15) is 67.5 Å². The summed E-state index contributed by atoms with van der Waals surface area (Å²) in [6.07, 6.45) is 0.771. The van der Waals surface area contributed by atoms with Gasteiger partial charge in [0.15, 0.2) is 5.60 Å². The molecule has 2 aromatic heterocycles. The number of benzene rings is 1. The quantitative estimate of drug-likeness (QED) is 0.362. The van der Waals surface area contributed by atoms with Gasteiger partial charge in [-0.1, -0.05) is 18.5 Å². The second-order valence-corrected chi connectivity index (χ2v) is 10.8. The second-order valence-electron chi connectivity index (χ2n) is 10.5. The Morgan fingerprint density at radius 3 is 2.79 bits per heavy atom. The van der Waals surface area contributed by atoms with Gasteiger partial charge in [0.25, 0.3) is 5.56 Å². The third-order valence-electron chi connectivity index (χ3n) is 7.93. The number of ether oxygens (including phenoxy) is 2. The summed E-state index contributed by atoms with van der Waals surface area (Å²) in [5, 5.41) is 12.9. The minimum Gasteiger partial charge on any atom is -0.458 e. The molecule has 1 aromatic carbocycles. The standard InChI is InChI=1S/C28H27ClFN3O6/c1-4-28(39-12(2)3)16-7-20-25-14(9-33(20)26(36)15(16)11-38-27(28)37)23-18(31-21(35)10-34)6-5-13-22(23)19(32-25)8-17(30)24(13)29/h7-8,12,18,34H,4-6,9-11H2,1-3H3,(H,31,35)/t18-,28-/m0/s1. The Morgan fingerprint density at radius 2 is 2.10 bits per heavy atom. The van der Waals surface area contributed by atoms with Crippen molar-refractivity contribution in [3.8, 4) is 11.4 Å². The van der Waals surface area contributed by atoms with Gasteiger partial charge in [0.2, 0.25) is 5.91 Å². The van der Waals surface area contributed by atoms with Crippen LogP contribution in [0.25, 0.3) is 22.3 Å². The Hall–Kier alpha value is -3.34. The summed E-state index contributed by atoms with van der Waals surface area (Å²) in [6, 6.07) is 2.52. The normalized spacial score (nSPS) is 21.0. The molecule has 0 unspecified atom stereocenters. The first kappa shape index (κ1) is 25.9. The van der Waals surface area contributed by atoms with Crippen molar-refractivity contribution in [2.75, 3.05) is 6.61 Å². The minimum atomic E-state index is -1.45. The number of nitrogens with zero attached hydrogens (tertiary/aromatic N) is 2. The van der Waals surface area contributed by atoms with E-state index >= 15 is 0 Å². The molecule has 9 nitrogen and oxygen atoms in total. The van der Waals surface area contributed by atoms with Gasteiger partial charge in [-0.05, 0) is 50.3 Å². The number of aryl methyl sites for hydroxylation is 1. The van der Waals surface area contributed by atoms with Gasteiger partial charge in [0.05, 0.1) is 46.2 Å². The fourth-order valence-corrected chi connectivity index (χ4v) is 6.57. The number of cyclic esters (lactones) is 1. The molecular weight excluding hydrogens is 529 g/mol. The SMILES string of the molecule is CC[C@@]1(OC(C)C)C(=O)OCc2c1cc1n(c2=O)Cc2c-1nc1cc(F)c(Cl)c3c1c2[C@@H](NC(=O)CO)CC3. The van der Waals surface area contributed by atoms with Crippen LogP contribution in [0, 0.1) is 5.82 Å². The Bertz CT molecular complexity index is 1650. The number of halogens is 2. The predicted molar refractivity (Wildman–Crippen MR) is 140 cm³/mol. The molecule has 3 aromatic rings. The van der Waals surface area contributed by atoms with Crippen molar-refractivity contribution < 1.29 is 28.6 Å². The van der Waals surface area contributed by atoms with Gasteiger partial charge in [0.1, 0.15) is 19.0 Å². The molecule has 0 spiro atoms. The van der Waals surface area contributed by atoms with Gasteiger partial charge in [0, 0.05) is 22.6 Å². The van der Waals surface area contributed by atoms with E-state index in [1.165, 1.54) is 6.07 Å². The number of aliphatic hydroxyl groups is 1. The van der Waals surface area contributed by atoms with Gasteiger partial charge in [-0.3, -0.25) is 9.59 Å². The van der Waals surface area contributed by atoms with Crippen LogP contribution in [0.2, 0.25) is 5.02 Å². The number of aliphatic hydroxyl groups excluding tert-OH is 1. The first-order valence-corrected chi connectivity index (χ1v) is 13.3. The van der Waals surface area contributed by atoms with Gasteiger partial charge in [-0.2, -0.15) is 0 Å². The number of carbonyl (C=O) groups excluding carboxylic acids is 2. The fourth-order valence-electron chi connectivity index (χ4n) is 6.32. The number of hydrogen-bond donors (Lipinski definition) is 2. The number of pyridine rings is 2. The molecule has 6 rings (SSSR count). The zero-order valence-corrected chi connectivity index (χ0v) is 22.4. The van der Waals surface area contributed by atoms with Crippen LogP contribution in [0.15, 0.2) is 16.9 Å². The number of aromatic nitrogens is 2. The predicted octanol–water partition coefficient (Wildman–Crippen LogP) is 3.40. The van der Waals surface area contributed by atoms with E-state index in [0.29, 0.717) is 62.9 Å². The molecule has 4 heterocycles. The van der Waals surface area contributed by atoms with Crippen LogP contribution >= 0.6 is 11.6 Å². The largest absolute Gasteiger partial charge is 0.458 e. The van der Waals surface area contributed by atoms with E-state index in [4.69, 9.17) is 26.1 Å². The molecule has 2 atom stereocenters. The van der Waals surface area contributed by atoms with E-state index in [2.05, 4.69) is 5.32 Å². The summed E-state index contributed by atoms with van der Waals surface area (Å²) >= 11 is 6.37. The molecule has 11 heteroatoms. The highest BCUT2D eigenvalue weighted by Gasteiger charge is 2.49. The van der Waals surface area contributed by atoms with E-state index < -0.39 is 35.9 Å². The third-order valence-corrected chi connectivity index (χ3v) is 8.33. The number of rotatable bonds is 5. The second kappa shape index (κ2) is 9.11. The number of hydrogen-bond acceptors (Lipinski definition) is 7. The van der Waals surface area contributed by atoms with Crippen LogP contribution in [0.3, 0.4) is 0 Å². The lowest BCUT2D eigenvalue weighted by molar-refractivity contribution is -0.187. The average Bonchev–Trinajstić information content (AvgIpc) is 3.28. The molecule has 39 heavy (non-hydrogen) atoms. The number of fused-ring (bicyclic) bond motifs is 5. The maximum atomic E-state index is 14.9. The topological polar surface area (TPSA) is 120 Å². The van der Waals surface area contributed by atoms with E-state index in [9.17, 15) is 23.9 Å². The zero-order valence-electron chi connectivity index (χ0n) is 21.7. The molecule has 0 bridgehead atoms. The summed E-state index contributed by atoms with van der Waals surface area (Å²) in [6.45, 7) is 4.73. The Morgan fingerprint density at radius 1 is 1.33 bits per heavy atom. The summed E-state index contributed by atoms with van der Waals surface area (Å²) < 4.78 is 28.0. The van der Waals surface area contributed by atoms with E-state index in [0.717, 1.165) is 0 Å². The molecule has 0 fully saturated rings. The molecule has 0 saturated carbocycles. The molecule has 0 saturated heterocycles. The number of nitrogens with one attached hydrogen (secondary N) is 1. The summed E-state index contributed by atoms with van der Waals surface area (Å²) in [5.74, 6) is -1.70. The lowest BCUT2D eigenvalue weighted by Crippen LogP contribution is -2.47. The molecule has 0 radical (unpaired) electrons. The minimum absolute atomic E-state index is 0.00908. The van der Waals surface area contributed by atoms with Crippen molar-refractivity contribution >= 4 is 34.4 Å². The van der Waals surface area contributed by atoms with E-state index in [1.54, 1.807) is 17.6 Å². The van der Waals surface area contributed by atoms with Gasteiger partial charge >= 0.3 is 5.97 Å². The molecule has 204 valence electrons. The highest BCUT2D eigenvalue weighted by molar-refractivity contribution is 6.32. The van der Waals surface area contributed by atoms with Crippen molar-refractivity contribution in [2.24, 2.45) is 0 Å². The first-order chi connectivity index (χ1) is 18.6. The lowest BCUT2D eigenvalue weighted by Gasteiger charge is -2.37. The molecule has 1 aliphatic carbocycles. The monoisotopic (exact) mass is 555 g/mol. The Kier molecular flexibility index (Phi) is 6.05. The van der Waals surface area contributed by atoms with Crippen LogP contribution in [0.5, 0.6) is 0 Å². The van der Waals surface area contributed by atoms with Gasteiger partial charge < -0.3 is 24.5 Å². The average molecular weight is 556 g/mol. The molecule has 1 amide bonds. The van der Waals surface area contributed by atoms with E-state index in [1.807, 2.05) is 13.8 Å². The molecular formula is C28H27ClFN3O6. The summed E-state index contributed by atoms with van der Waals surface area (Å²) in [7, 11) is 0. The van der Waals surface area contributed by atoms with Crippen molar-refractivity contribution in [1.29, 1.82) is 0 Å². The number of amides is 1. The highest BCUT2D eigenvalue weighted by Crippen LogP contribution is 2.47. The number of carbonyl (C=O) groups is 2. The molecule has 3 aliphatic rings. The van der Waals surface area contributed by atoms with Crippen molar-refractivity contribution in [3.05, 3.63) is 61.1 Å². The smallest absolute Gasteiger partial charge is 0.343 e. The van der Waals surface area contributed by atoms with Crippen LogP contribution in [-0.2, 0) is 44.2 Å². The van der Waals surface area contributed by atoms with E-state index in [-0.39, 0.29) is 36.3 Å². The fraction of sp³-hybridized carbons (Fsp3) is 0.429. The van der Waals surface area contributed by atoms with Crippen molar-refractivity contribution in [3.63, 3.8) is 0 Å². The Labute approximate surface area is 227 Å². The summed E-state index contributed by atoms with van der Waals surface area (Å²) in [4.78, 5) is 44.0. The molecule has 2 aliphatic heterocycles. The maximum absolute atomic E-state index is 14.9. The molecule has 2 N–H and O–H groups in total. The van der Waals surface area contributed by atoms with Crippen LogP contribution in [-0.4, -0.2) is 39.2 Å². The number of esters is 1. The van der Waals surface area contributed by atoms with Crippen molar-refractivity contribution in [2.45, 2.75) is 70.9 Å². The van der Waals surface area contributed by atoms with Gasteiger partial charge in [-0.25, -0.2) is 14.2 Å². The van der Waals surface area contributed by atoms with Gasteiger partial charge in [-0.15, -0.1) is 0 Å². The maximum Gasteiger partial charge on any atom is 0.343 e. The Balaban J connectivity index is 1.65. The zero-order chi connectivity index (χ0) is 27.8.